The molecule has 3 aromatic carbocycles. The molecule has 1 aliphatic rings. The minimum absolute atomic E-state index is 0.000223. The van der Waals surface area contributed by atoms with Gasteiger partial charge in [0.05, 0.1) is 10.6 Å². The van der Waals surface area contributed by atoms with Crippen LogP contribution < -0.4 is 0 Å². The predicted octanol–water partition coefficient (Wildman–Crippen LogP) is 7.24. The number of aryl methyl sites for hydroxylation is 1. The third-order valence-electron chi connectivity index (χ3n) is 8.80. The number of carbonyl (C=O) groups excluding carboxylic acids is 1. The molecule has 2 aromatic heterocycles. The van der Waals surface area contributed by atoms with E-state index in [2.05, 4.69) is 9.97 Å². The summed E-state index contributed by atoms with van der Waals surface area (Å²) in [6.45, 7) is 1.92. The molecule has 0 spiro atoms. The molecule has 0 bridgehead atoms. The zero-order chi connectivity index (χ0) is 34.9. The van der Waals surface area contributed by atoms with Crippen molar-refractivity contribution in [3.8, 4) is 11.4 Å². The van der Waals surface area contributed by atoms with E-state index in [0.717, 1.165) is 36.2 Å². The van der Waals surface area contributed by atoms with E-state index in [1.54, 1.807) is 19.1 Å². The van der Waals surface area contributed by atoms with E-state index in [1.165, 1.54) is 12.1 Å². The van der Waals surface area contributed by atoms with Crippen LogP contribution in [0.5, 0.6) is 0 Å². The average Bonchev–Trinajstić information content (AvgIpc) is 3.46. The number of benzene rings is 3. The number of rotatable bonds is 10. The molecule has 1 N–H and O–H groups in total. The van der Waals surface area contributed by atoms with Gasteiger partial charge in [-0.15, -0.1) is 0 Å². The third-order valence-corrected chi connectivity index (χ3v) is 10.5. The molecule has 0 radical (unpaired) electrons. The standard InChI is InChI=1S/C36H32F3N3O6S/c1-21-10-12-26(13-11-21)49(46,47)42-19-28(27-17-25(37)18-29(38)34(27)42)35-40-30(32(39)33(41-35)36(44)45)15-23-8-5-9-24(14-23)16-31(43)48-20-22-6-3-2-4-7-22/h2-4,6-7,10-13,17-19,23-24H,5,8-9,14-16,20H2,1H3,(H,44,45)/t23-,24+/m1/s1. The van der Waals surface area contributed by atoms with Crippen molar-refractivity contribution in [2.45, 2.75) is 57.0 Å². The number of hydrogen-bond donors (Lipinski definition) is 1. The zero-order valence-electron chi connectivity index (χ0n) is 26.4. The fraction of sp³-hybridized carbons (Fsp3) is 0.278. The molecule has 1 saturated carbocycles. The summed E-state index contributed by atoms with van der Waals surface area (Å²) >= 11 is 0. The number of aromatic nitrogens is 3. The van der Waals surface area contributed by atoms with Crippen molar-refractivity contribution in [2.75, 3.05) is 0 Å². The fourth-order valence-electron chi connectivity index (χ4n) is 6.41. The van der Waals surface area contributed by atoms with Crippen molar-refractivity contribution in [1.29, 1.82) is 0 Å². The van der Waals surface area contributed by atoms with Crippen molar-refractivity contribution >= 4 is 32.9 Å². The van der Waals surface area contributed by atoms with Gasteiger partial charge in [-0.3, -0.25) is 4.79 Å². The van der Waals surface area contributed by atoms with E-state index in [9.17, 15) is 27.5 Å². The molecule has 2 atom stereocenters. The van der Waals surface area contributed by atoms with Crippen molar-refractivity contribution < 1.29 is 41.0 Å². The van der Waals surface area contributed by atoms with Crippen LogP contribution in [0.3, 0.4) is 0 Å². The first-order valence-corrected chi connectivity index (χ1v) is 17.2. The van der Waals surface area contributed by atoms with E-state index in [-0.39, 0.29) is 58.8 Å². The summed E-state index contributed by atoms with van der Waals surface area (Å²) in [4.78, 5) is 32.8. The molecule has 9 nitrogen and oxygen atoms in total. The van der Waals surface area contributed by atoms with Crippen LogP contribution in [-0.4, -0.2) is 39.4 Å². The Morgan fingerprint density at radius 2 is 1.69 bits per heavy atom. The number of hydrogen-bond acceptors (Lipinski definition) is 7. The number of carboxylic acids is 1. The first kappa shape index (κ1) is 33.8. The fourth-order valence-corrected chi connectivity index (χ4v) is 7.79. The molecule has 0 aliphatic heterocycles. The van der Waals surface area contributed by atoms with Crippen molar-refractivity contribution in [1.82, 2.24) is 13.9 Å². The summed E-state index contributed by atoms with van der Waals surface area (Å²) < 4.78 is 79.0. The van der Waals surface area contributed by atoms with Crippen LogP contribution in [0.25, 0.3) is 22.3 Å². The van der Waals surface area contributed by atoms with Gasteiger partial charge < -0.3 is 9.84 Å². The van der Waals surface area contributed by atoms with Gasteiger partial charge in [0.2, 0.25) is 0 Å². The lowest BCUT2D eigenvalue weighted by Gasteiger charge is -2.28. The Hall–Kier alpha value is -5.04. The monoisotopic (exact) mass is 691 g/mol. The molecule has 0 saturated heterocycles. The Morgan fingerprint density at radius 1 is 0.980 bits per heavy atom. The van der Waals surface area contributed by atoms with Crippen LogP contribution in [-0.2, 0) is 32.6 Å². The van der Waals surface area contributed by atoms with Crippen molar-refractivity contribution in [2.24, 2.45) is 11.8 Å². The van der Waals surface area contributed by atoms with Crippen molar-refractivity contribution in [3.63, 3.8) is 0 Å². The quantitative estimate of drug-likeness (QED) is 0.152. The Bertz CT molecular complexity index is 2150. The first-order chi connectivity index (χ1) is 23.4. The van der Waals surface area contributed by atoms with E-state index in [4.69, 9.17) is 4.74 Å². The number of carboxylic acid groups (broad SMARTS) is 1. The largest absolute Gasteiger partial charge is 0.476 e. The van der Waals surface area contributed by atoms with E-state index < -0.39 is 50.5 Å². The molecule has 49 heavy (non-hydrogen) atoms. The Labute approximate surface area is 280 Å². The van der Waals surface area contributed by atoms with Crippen LogP contribution in [0.15, 0.2) is 77.8 Å². The number of fused-ring (bicyclic) bond motifs is 1. The Kier molecular flexibility index (Phi) is 9.55. The molecule has 254 valence electrons. The van der Waals surface area contributed by atoms with Crippen LogP contribution in [0.1, 0.15) is 59.4 Å². The van der Waals surface area contributed by atoms with Gasteiger partial charge in [0, 0.05) is 29.6 Å². The topological polar surface area (TPSA) is 128 Å². The zero-order valence-corrected chi connectivity index (χ0v) is 27.2. The van der Waals surface area contributed by atoms with Crippen molar-refractivity contribution in [3.05, 3.63) is 113 Å². The van der Waals surface area contributed by atoms with Gasteiger partial charge in [-0.05, 0) is 61.8 Å². The highest BCUT2D eigenvalue weighted by atomic mass is 32.2. The summed E-state index contributed by atoms with van der Waals surface area (Å²) in [6, 6.07) is 16.5. The highest BCUT2D eigenvalue weighted by Gasteiger charge is 2.30. The highest BCUT2D eigenvalue weighted by Crippen LogP contribution is 2.37. The van der Waals surface area contributed by atoms with E-state index in [0.29, 0.717) is 22.9 Å². The van der Waals surface area contributed by atoms with Gasteiger partial charge in [0.1, 0.15) is 17.9 Å². The normalized spacial score (nSPS) is 16.5. The van der Waals surface area contributed by atoms with Gasteiger partial charge in [-0.25, -0.2) is 40.3 Å². The SMILES string of the molecule is Cc1ccc(S(=O)(=O)n2cc(-c3nc(C[C@@H]4CCC[C@H](CC(=O)OCc5ccccc5)C4)c(F)c(C(=O)O)n3)c3cc(F)cc(F)c32)cc1. The summed E-state index contributed by atoms with van der Waals surface area (Å²) in [5, 5.41) is 9.60. The molecular formula is C36H32F3N3O6S. The summed E-state index contributed by atoms with van der Waals surface area (Å²) in [6.07, 6.45) is 3.88. The van der Waals surface area contributed by atoms with E-state index in [1.807, 2.05) is 30.3 Å². The smallest absolute Gasteiger partial charge is 0.357 e. The predicted molar refractivity (Wildman–Crippen MR) is 174 cm³/mol. The number of nitrogens with zero attached hydrogens (tertiary/aromatic N) is 3. The maximum Gasteiger partial charge on any atom is 0.357 e. The average molecular weight is 692 g/mol. The van der Waals surface area contributed by atoms with Gasteiger partial charge in [-0.1, -0.05) is 60.9 Å². The molecular weight excluding hydrogens is 659 g/mol. The summed E-state index contributed by atoms with van der Waals surface area (Å²) in [5.74, 6) is -6.03. The number of esters is 1. The van der Waals surface area contributed by atoms with E-state index >= 15 is 8.78 Å². The lowest BCUT2D eigenvalue weighted by atomic mass is 9.78. The first-order valence-electron chi connectivity index (χ1n) is 15.7. The summed E-state index contributed by atoms with van der Waals surface area (Å²) in [5.41, 5.74) is -0.253. The Balaban J connectivity index is 1.32. The van der Waals surface area contributed by atoms with Crippen LogP contribution in [0.2, 0.25) is 0 Å². The highest BCUT2D eigenvalue weighted by molar-refractivity contribution is 7.90. The minimum atomic E-state index is -4.44. The molecule has 6 rings (SSSR count). The molecule has 13 heteroatoms. The third kappa shape index (κ3) is 7.21. The van der Waals surface area contributed by atoms with Crippen LogP contribution in [0, 0.1) is 36.2 Å². The molecule has 1 fully saturated rings. The second kappa shape index (κ2) is 13.8. The molecule has 0 amide bonds. The second-order valence-corrected chi connectivity index (χ2v) is 14.2. The maximum absolute atomic E-state index is 15.6. The molecule has 1 aliphatic carbocycles. The van der Waals surface area contributed by atoms with Crippen LogP contribution in [0.4, 0.5) is 13.2 Å². The molecule has 5 aromatic rings. The number of carbonyl (C=O) groups is 2. The number of ether oxygens (including phenoxy) is 1. The minimum Gasteiger partial charge on any atom is -0.476 e. The van der Waals surface area contributed by atoms with Gasteiger partial charge in [0.25, 0.3) is 10.0 Å². The van der Waals surface area contributed by atoms with Gasteiger partial charge in [-0.2, -0.15) is 0 Å². The lowest BCUT2D eigenvalue weighted by molar-refractivity contribution is -0.146. The Morgan fingerprint density at radius 3 is 2.41 bits per heavy atom. The van der Waals surface area contributed by atoms with Gasteiger partial charge >= 0.3 is 11.9 Å². The molecule has 0 unspecified atom stereocenters. The van der Waals surface area contributed by atoms with Gasteiger partial charge in [0.15, 0.2) is 23.2 Å². The molecule has 2 heterocycles. The summed E-state index contributed by atoms with van der Waals surface area (Å²) in [7, 11) is -4.44. The second-order valence-electron chi connectivity index (χ2n) is 12.4. The number of halogens is 3. The number of aromatic carboxylic acids is 1. The lowest BCUT2D eigenvalue weighted by Crippen LogP contribution is -2.22. The maximum atomic E-state index is 15.6. The van der Waals surface area contributed by atoms with Crippen LogP contribution >= 0.6 is 0 Å².